The van der Waals surface area contributed by atoms with Crippen LogP contribution in [0.3, 0.4) is 0 Å². The molecule has 3 fully saturated rings. The van der Waals surface area contributed by atoms with Crippen molar-refractivity contribution in [1.29, 1.82) is 0 Å². The second-order valence-corrected chi connectivity index (χ2v) is 6.48. The van der Waals surface area contributed by atoms with E-state index in [0.29, 0.717) is 18.0 Å². The average Bonchev–Trinajstić information content (AvgIpc) is 2.92. The van der Waals surface area contributed by atoms with Gasteiger partial charge in [-0.2, -0.15) is 0 Å². The van der Waals surface area contributed by atoms with Gasteiger partial charge in [0.1, 0.15) is 0 Å². The molecule has 3 aliphatic carbocycles. The molecule has 102 valence electrons. The SMILES string of the molecule is O/N=C1/[C@H]2CC[C@@H](C2)[C@@H]1NC1CCCCCCC1. The van der Waals surface area contributed by atoms with Gasteiger partial charge in [0, 0.05) is 12.0 Å². The molecule has 0 heterocycles. The fraction of sp³-hybridized carbons (Fsp3) is 0.933. The first-order valence-corrected chi connectivity index (χ1v) is 7.86. The second-order valence-electron chi connectivity index (χ2n) is 6.48. The summed E-state index contributed by atoms with van der Waals surface area (Å²) in [5.74, 6) is 1.32. The molecule has 0 saturated heterocycles. The van der Waals surface area contributed by atoms with E-state index >= 15 is 0 Å². The van der Waals surface area contributed by atoms with Crippen LogP contribution in [0.5, 0.6) is 0 Å². The highest BCUT2D eigenvalue weighted by atomic mass is 16.4. The van der Waals surface area contributed by atoms with Gasteiger partial charge in [-0.05, 0) is 38.0 Å². The van der Waals surface area contributed by atoms with Crippen molar-refractivity contribution < 1.29 is 5.21 Å². The Morgan fingerprint density at radius 1 is 0.944 bits per heavy atom. The van der Waals surface area contributed by atoms with Crippen molar-refractivity contribution in [3.8, 4) is 0 Å². The molecule has 0 aromatic rings. The maximum absolute atomic E-state index is 9.24. The number of nitrogens with one attached hydrogen (secondary N) is 1. The minimum atomic E-state index is 0.387. The van der Waals surface area contributed by atoms with Crippen LogP contribution in [-0.2, 0) is 0 Å². The topological polar surface area (TPSA) is 44.6 Å². The lowest BCUT2D eigenvalue weighted by Gasteiger charge is -2.30. The summed E-state index contributed by atoms with van der Waals surface area (Å²) < 4.78 is 0. The Morgan fingerprint density at radius 3 is 2.39 bits per heavy atom. The third-order valence-corrected chi connectivity index (χ3v) is 5.32. The van der Waals surface area contributed by atoms with Crippen LogP contribution in [-0.4, -0.2) is 23.0 Å². The number of oxime groups is 1. The van der Waals surface area contributed by atoms with Gasteiger partial charge in [-0.25, -0.2) is 0 Å². The lowest BCUT2D eigenvalue weighted by molar-refractivity contribution is 0.300. The Morgan fingerprint density at radius 2 is 1.67 bits per heavy atom. The predicted octanol–water partition coefficient (Wildman–Crippen LogP) is 3.32. The molecule has 0 radical (unpaired) electrons. The Kier molecular flexibility index (Phi) is 3.88. The molecule has 0 aromatic carbocycles. The van der Waals surface area contributed by atoms with Crippen LogP contribution in [0, 0.1) is 11.8 Å². The highest BCUT2D eigenvalue weighted by molar-refractivity contribution is 5.94. The van der Waals surface area contributed by atoms with Crippen molar-refractivity contribution in [3.05, 3.63) is 0 Å². The number of hydrogen-bond donors (Lipinski definition) is 2. The van der Waals surface area contributed by atoms with E-state index in [9.17, 15) is 5.21 Å². The first kappa shape index (κ1) is 12.5. The first-order valence-electron chi connectivity index (χ1n) is 7.86. The zero-order valence-corrected chi connectivity index (χ0v) is 11.3. The Bertz CT molecular complexity index is 308. The zero-order chi connectivity index (χ0) is 12.4. The number of nitrogens with zero attached hydrogens (tertiary/aromatic N) is 1. The molecule has 2 bridgehead atoms. The van der Waals surface area contributed by atoms with Crippen molar-refractivity contribution in [3.63, 3.8) is 0 Å². The van der Waals surface area contributed by atoms with Gasteiger partial charge in [0.25, 0.3) is 0 Å². The quantitative estimate of drug-likeness (QED) is 0.583. The molecular weight excluding hydrogens is 224 g/mol. The van der Waals surface area contributed by atoms with Crippen LogP contribution in [0.1, 0.15) is 64.2 Å². The minimum Gasteiger partial charge on any atom is -0.411 e. The molecule has 3 aliphatic rings. The summed E-state index contributed by atoms with van der Waals surface area (Å²) in [7, 11) is 0. The van der Waals surface area contributed by atoms with Crippen molar-refractivity contribution in [1.82, 2.24) is 5.32 Å². The van der Waals surface area contributed by atoms with Gasteiger partial charge in [-0.1, -0.05) is 37.3 Å². The van der Waals surface area contributed by atoms with Gasteiger partial charge >= 0.3 is 0 Å². The van der Waals surface area contributed by atoms with Crippen LogP contribution in [0.25, 0.3) is 0 Å². The summed E-state index contributed by atoms with van der Waals surface area (Å²) in [4.78, 5) is 0. The van der Waals surface area contributed by atoms with E-state index in [2.05, 4.69) is 10.5 Å². The van der Waals surface area contributed by atoms with Crippen LogP contribution < -0.4 is 5.32 Å². The summed E-state index contributed by atoms with van der Waals surface area (Å²) >= 11 is 0. The standard InChI is InChI=1S/C15H26N2O/c18-17-15-12-9-8-11(10-12)14(15)16-13-6-4-2-1-3-5-7-13/h11-14,16,18H,1-10H2/b17-15-/t11-,12-,14-/m0/s1. The van der Waals surface area contributed by atoms with Gasteiger partial charge in [0.05, 0.1) is 11.8 Å². The fourth-order valence-corrected chi connectivity index (χ4v) is 4.33. The van der Waals surface area contributed by atoms with Gasteiger partial charge in [0.15, 0.2) is 0 Å². The predicted molar refractivity (Wildman–Crippen MR) is 73.1 cm³/mol. The normalized spacial score (nSPS) is 40.0. The van der Waals surface area contributed by atoms with Crippen molar-refractivity contribution >= 4 is 5.71 Å². The van der Waals surface area contributed by atoms with Gasteiger partial charge in [-0.15, -0.1) is 0 Å². The number of fused-ring (bicyclic) bond motifs is 2. The van der Waals surface area contributed by atoms with Crippen LogP contribution in [0.15, 0.2) is 5.16 Å². The van der Waals surface area contributed by atoms with Crippen molar-refractivity contribution in [2.75, 3.05) is 0 Å². The zero-order valence-electron chi connectivity index (χ0n) is 11.3. The third-order valence-electron chi connectivity index (χ3n) is 5.32. The average molecular weight is 250 g/mol. The summed E-state index contributed by atoms with van der Waals surface area (Å²) in [6.45, 7) is 0. The maximum Gasteiger partial charge on any atom is 0.0773 e. The van der Waals surface area contributed by atoms with E-state index < -0.39 is 0 Å². The molecule has 3 heteroatoms. The van der Waals surface area contributed by atoms with Crippen molar-refractivity contribution in [2.45, 2.75) is 76.3 Å². The van der Waals surface area contributed by atoms with Gasteiger partial charge in [0.2, 0.25) is 0 Å². The minimum absolute atomic E-state index is 0.387. The van der Waals surface area contributed by atoms with E-state index in [1.165, 1.54) is 64.2 Å². The maximum atomic E-state index is 9.24. The van der Waals surface area contributed by atoms with E-state index in [-0.39, 0.29) is 0 Å². The van der Waals surface area contributed by atoms with Gasteiger partial charge < -0.3 is 10.5 Å². The summed E-state index contributed by atoms with van der Waals surface area (Å²) in [6.07, 6.45) is 13.4. The molecule has 0 aromatic heterocycles. The van der Waals surface area contributed by atoms with Crippen LogP contribution in [0.2, 0.25) is 0 Å². The summed E-state index contributed by atoms with van der Waals surface area (Å²) in [5, 5.41) is 16.7. The molecule has 3 atom stereocenters. The molecule has 18 heavy (non-hydrogen) atoms. The van der Waals surface area contributed by atoms with Gasteiger partial charge in [-0.3, -0.25) is 0 Å². The van der Waals surface area contributed by atoms with E-state index in [4.69, 9.17) is 0 Å². The van der Waals surface area contributed by atoms with Crippen molar-refractivity contribution in [2.24, 2.45) is 17.0 Å². The first-order chi connectivity index (χ1) is 8.88. The molecular formula is C15H26N2O. The van der Waals surface area contributed by atoms with E-state index in [0.717, 1.165) is 11.6 Å². The van der Waals surface area contributed by atoms with Crippen LogP contribution >= 0.6 is 0 Å². The summed E-state index contributed by atoms with van der Waals surface area (Å²) in [5.41, 5.74) is 1.06. The largest absolute Gasteiger partial charge is 0.411 e. The van der Waals surface area contributed by atoms with E-state index in [1.807, 2.05) is 0 Å². The lowest BCUT2D eigenvalue weighted by atomic mass is 9.90. The summed E-state index contributed by atoms with van der Waals surface area (Å²) in [6, 6.07) is 1.05. The molecule has 3 rings (SSSR count). The smallest absolute Gasteiger partial charge is 0.0773 e. The molecule has 0 aliphatic heterocycles. The number of rotatable bonds is 2. The Balaban J connectivity index is 1.61. The monoisotopic (exact) mass is 250 g/mol. The third kappa shape index (κ3) is 2.42. The lowest BCUT2D eigenvalue weighted by Crippen LogP contribution is -2.46. The highest BCUT2D eigenvalue weighted by Crippen LogP contribution is 2.43. The molecule has 3 saturated carbocycles. The number of hydrogen-bond acceptors (Lipinski definition) is 3. The Hall–Kier alpha value is -0.570. The molecule has 0 amide bonds. The highest BCUT2D eigenvalue weighted by Gasteiger charge is 2.45. The van der Waals surface area contributed by atoms with E-state index in [1.54, 1.807) is 0 Å². The fourth-order valence-electron chi connectivity index (χ4n) is 4.33. The Labute approximate surface area is 110 Å². The molecule has 3 nitrogen and oxygen atoms in total. The second kappa shape index (κ2) is 5.60. The molecule has 0 spiro atoms. The molecule has 0 unspecified atom stereocenters. The molecule has 2 N–H and O–H groups in total. The van der Waals surface area contributed by atoms with Crippen LogP contribution in [0.4, 0.5) is 0 Å².